The van der Waals surface area contributed by atoms with Crippen LogP contribution in [0.4, 0.5) is 0 Å². The van der Waals surface area contributed by atoms with E-state index in [0.717, 1.165) is 25.7 Å². The van der Waals surface area contributed by atoms with E-state index in [1.54, 1.807) is 6.92 Å². The van der Waals surface area contributed by atoms with Crippen molar-refractivity contribution < 1.29 is 19.1 Å². The van der Waals surface area contributed by atoms with Gasteiger partial charge in [-0.25, -0.2) is 0 Å². The van der Waals surface area contributed by atoms with Crippen molar-refractivity contribution in [2.24, 2.45) is 11.8 Å². The normalized spacial score (nSPS) is 24.2. The minimum atomic E-state index is -0.437. The number of methoxy groups -OCH3 is 1. The first-order valence-corrected chi connectivity index (χ1v) is 7.45. The van der Waals surface area contributed by atoms with Gasteiger partial charge in [-0.05, 0) is 38.5 Å². The fourth-order valence-electron chi connectivity index (χ4n) is 2.40. The van der Waals surface area contributed by atoms with Gasteiger partial charge in [-0.3, -0.25) is 9.59 Å². The van der Waals surface area contributed by atoms with Crippen molar-refractivity contribution in [2.45, 2.75) is 58.7 Å². The van der Waals surface area contributed by atoms with Crippen molar-refractivity contribution in [2.75, 3.05) is 13.7 Å². The SMILES string of the molecule is COC(=O)C1CCC(OC(C)C(=O)NCC(C)C)CC1. The molecule has 0 spiro atoms. The molecule has 0 saturated heterocycles. The lowest BCUT2D eigenvalue weighted by Gasteiger charge is -2.29. The summed E-state index contributed by atoms with van der Waals surface area (Å²) in [7, 11) is 1.42. The first-order chi connectivity index (χ1) is 9.43. The highest BCUT2D eigenvalue weighted by Gasteiger charge is 2.29. The van der Waals surface area contributed by atoms with Crippen LogP contribution in [-0.4, -0.2) is 37.7 Å². The van der Waals surface area contributed by atoms with E-state index in [-0.39, 0.29) is 23.9 Å². The molecule has 1 amide bonds. The van der Waals surface area contributed by atoms with Gasteiger partial charge in [-0.1, -0.05) is 13.8 Å². The molecule has 1 rings (SSSR count). The zero-order chi connectivity index (χ0) is 15.1. The Hall–Kier alpha value is -1.10. The molecule has 5 nitrogen and oxygen atoms in total. The number of carbonyl (C=O) groups is 2. The van der Waals surface area contributed by atoms with Crippen molar-refractivity contribution in [1.82, 2.24) is 5.32 Å². The lowest BCUT2D eigenvalue weighted by Crippen LogP contribution is -2.39. The van der Waals surface area contributed by atoms with Gasteiger partial charge >= 0.3 is 5.97 Å². The van der Waals surface area contributed by atoms with Crippen LogP contribution in [0.15, 0.2) is 0 Å². The van der Waals surface area contributed by atoms with E-state index in [1.165, 1.54) is 7.11 Å². The Bertz CT molecular complexity index is 322. The number of amides is 1. The summed E-state index contributed by atoms with van der Waals surface area (Å²) in [6, 6.07) is 0. The van der Waals surface area contributed by atoms with Gasteiger partial charge in [-0.15, -0.1) is 0 Å². The van der Waals surface area contributed by atoms with E-state index in [2.05, 4.69) is 19.2 Å². The molecule has 20 heavy (non-hydrogen) atoms. The number of hydrogen-bond donors (Lipinski definition) is 1. The summed E-state index contributed by atoms with van der Waals surface area (Å²) in [5.74, 6) is 0.228. The van der Waals surface area contributed by atoms with Crippen molar-refractivity contribution >= 4 is 11.9 Å². The smallest absolute Gasteiger partial charge is 0.308 e. The van der Waals surface area contributed by atoms with Crippen LogP contribution in [0.2, 0.25) is 0 Å². The minimum Gasteiger partial charge on any atom is -0.469 e. The van der Waals surface area contributed by atoms with E-state index < -0.39 is 6.10 Å². The summed E-state index contributed by atoms with van der Waals surface area (Å²) in [6.07, 6.45) is 2.79. The third-order valence-electron chi connectivity index (χ3n) is 3.66. The van der Waals surface area contributed by atoms with Gasteiger partial charge in [-0.2, -0.15) is 0 Å². The molecule has 0 aromatic rings. The first kappa shape index (κ1) is 17.0. The standard InChI is InChI=1S/C15H27NO4/c1-10(2)9-16-14(17)11(3)20-13-7-5-12(6-8-13)15(18)19-4/h10-13H,5-9H2,1-4H3,(H,16,17). The average Bonchev–Trinajstić information content (AvgIpc) is 2.44. The highest BCUT2D eigenvalue weighted by Crippen LogP contribution is 2.27. The largest absolute Gasteiger partial charge is 0.469 e. The fourth-order valence-corrected chi connectivity index (χ4v) is 2.40. The van der Waals surface area contributed by atoms with Gasteiger partial charge in [0, 0.05) is 6.54 Å². The van der Waals surface area contributed by atoms with Crippen molar-refractivity contribution in [1.29, 1.82) is 0 Å². The number of ether oxygens (including phenoxy) is 2. The highest BCUT2D eigenvalue weighted by atomic mass is 16.5. The predicted octanol–water partition coefficient (Wildman–Crippen LogP) is 1.90. The lowest BCUT2D eigenvalue weighted by molar-refractivity contribution is -0.149. The average molecular weight is 285 g/mol. The Kier molecular flexibility index (Phi) is 6.99. The highest BCUT2D eigenvalue weighted by molar-refractivity contribution is 5.80. The van der Waals surface area contributed by atoms with Crippen LogP contribution < -0.4 is 5.32 Å². The van der Waals surface area contributed by atoms with E-state index >= 15 is 0 Å². The van der Waals surface area contributed by atoms with Gasteiger partial charge in [0.05, 0.1) is 19.1 Å². The first-order valence-electron chi connectivity index (χ1n) is 7.45. The van der Waals surface area contributed by atoms with E-state index in [9.17, 15) is 9.59 Å². The summed E-state index contributed by atoms with van der Waals surface area (Å²) in [4.78, 5) is 23.3. The molecule has 5 heteroatoms. The third-order valence-corrected chi connectivity index (χ3v) is 3.66. The second-order valence-electron chi connectivity index (χ2n) is 5.91. The van der Waals surface area contributed by atoms with E-state index in [4.69, 9.17) is 9.47 Å². The van der Waals surface area contributed by atoms with Crippen LogP contribution in [0.3, 0.4) is 0 Å². The fraction of sp³-hybridized carbons (Fsp3) is 0.867. The number of rotatable bonds is 6. The van der Waals surface area contributed by atoms with E-state index in [0.29, 0.717) is 12.5 Å². The topological polar surface area (TPSA) is 64.6 Å². The Labute approximate surface area is 121 Å². The maximum absolute atomic E-state index is 11.8. The number of nitrogens with one attached hydrogen (secondary N) is 1. The van der Waals surface area contributed by atoms with Gasteiger partial charge in [0.2, 0.25) is 5.91 Å². The molecular formula is C15H27NO4. The zero-order valence-electron chi connectivity index (χ0n) is 13.0. The molecule has 0 aromatic heterocycles. The van der Waals surface area contributed by atoms with Crippen LogP contribution in [0.5, 0.6) is 0 Å². The third kappa shape index (κ3) is 5.49. The maximum atomic E-state index is 11.8. The van der Waals surface area contributed by atoms with E-state index in [1.807, 2.05) is 0 Å². The quantitative estimate of drug-likeness (QED) is 0.757. The molecule has 0 heterocycles. The predicted molar refractivity (Wildman–Crippen MR) is 76.2 cm³/mol. The summed E-state index contributed by atoms with van der Waals surface area (Å²) >= 11 is 0. The number of carbonyl (C=O) groups excluding carboxylic acids is 2. The number of hydrogen-bond acceptors (Lipinski definition) is 4. The van der Waals surface area contributed by atoms with Crippen molar-refractivity contribution in [3.05, 3.63) is 0 Å². The molecule has 1 atom stereocenters. The second-order valence-corrected chi connectivity index (χ2v) is 5.91. The Morgan fingerprint density at radius 2 is 1.75 bits per heavy atom. The van der Waals surface area contributed by atoms with Gasteiger partial charge in [0.25, 0.3) is 0 Å². The molecule has 0 radical (unpaired) electrons. The molecule has 0 aromatic carbocycles. The summed E-state index contributed by atoms with van der Waals surface area (Å²) in [5, 5.41) is 2.87. The molecule has 1 aliphatic rings. The Morgan fingerprint density at radius 3 is 2.25 bits per heavy atom. The molecule has 1 saturated carbocycles. The molecule has 116 valence electrons. The van der Waals surface area contributed by atoms with Gasteiger partial charge < -0.3 is 14.8 Å². The molecule has 1 aliphatic carbocycles. The molecule has 0 bridgehead atoms. The van der Waals surface area contributed by atoms with Crippen molar-refractivity contribution in [3.63, 3.8) is 0 Å². The van der Waals surface area contributed by atoms with Crippen LogP contribution in [0.25, 0.3) is 0 Å². The second kappa shape index (κ2) is 8.25. The Balaban J connectivity index is 2.29. The molecule has 1 N–H and O–H groups in total. The molecular weight excluding hydrogens is 258 g/mol. The lowest BCUT2D eigenvalue weighted by atomic mass is 9.87. The zero-order valence-corrected chi connectivity index (χ0v) is 13.0. The number of esters is 1. The summed E-state index contributed by atoms with van der Waals surface area (Å²) < 4.78 is 10.5. The maximum Gasteiger partial charge on any atom is 0.308 e. The van der Waals surface area contributed by atoms with Crippen LogP contribution in [0.1, 0.15) is 46.5 Å². The molecule has 1 unspecified atom stereocenters. The summed E-state index contributed by atoms with van der Waals surface area (Å²) in [6.45, 7) is 6.56. The minimum absolute atomic E-state index is 0.00933. The molecule has 0 aliphatic heterocycles. The van der Waals surface area contributed by atoms with Gasteiger partial charge in [0.15, 0.2) is 0 Å². The van der Waals surface area contributed by atoms with Crippen LogP contribution >= 0.6 is 0 Å². The van der Waals surface area contributed by atoms with Crippen LogP contribution in [0, 0.1) is 11.8 Å². The van der Waals surface area contributed by atoms with Gasteiger partial charge in [0.1, 0.15) is 6.10 Å². The molecule has 1 fully saturated rings. The van der Waals surface area contributed by atoms with Crippen LogP contribution in [-0.2, 0) is 19.1 Å². The monoisotopic (exact) mass is 285 g/mol. The van der Waals surface area contributed by atoms with Crippen molar-refractivity contribution in [3.8, 4) is 0 Å². The summed E-state index contributed by atoms with van der Waals surface area (Å²) in [5.41, 5.74) is 0. The Morgan fingerprint density at radius 1 is 1.15 bits per heavy atom.